The van der Waals surface area contributed by atoms with Gasteiger partial charge in [-0.15, -0.1) is 0 Å². The molecule has 1 aromatic carbocycles. The molecule has 2 atom stereocenters. The number of nitrogens with one attached hydrogen (secondary N) is 1. The summed E-state index contributed by atoms with van der Waals surface area (Å²) in [6.07, 6.45) is 6.04. The summed E-state index contributed by atoms with van der Waals surface area (Å²) in [6.45, 7) is 2.79. The minimum atomic E-state index is -0.540. The molecule has 0 radical (unpaired) electrons. The Labute approximate surface area is 163 Å². The highest BCUT2D eigenvalue weighted by Gasteiger charge is 2.34. The Kier molecular flexibility index (Phi) is 5.35. The molecule has 0 unspecified atom stereocenters. The van der Waals surface area contributed by atoms with Crippen LogP contribution in [0.25, 0.3) is 10.9 Å². The van der Waals surface area contributed by atoms with Crippen LogP contribution < -0.4 is 11.2 Å². The first-order valence-electron chi connectivity index (χ1n) is 10.2. The second-order valence-corrected chi connectivity index (χ2v) is 8.14. The number of hydrogen-bond acceptors (Lipinski definition) is 4. The number of para-hydroxylation sites is 1. The topological polar surface area (TPSA) is 78.4 Å². The molecular formula is C21H28N4O3. The number of benzene rings is 1. The third kappa shape index (κ3) is 3.63. The van der Waals surface area contributed by atoms with Gasteiger partial charge in [0.15, 0.2) is 0 Å². The van der Waals surface area contributed by atoms with E-state index in [1.807, 2.05) is 0 Å². The van der Waals surface area contributed by atoms with E-state index >= 15 is 0 Å². The van der Waals surface area contributed by atoms with E-state index in [2.05, 4.69) is 9.88 Å². The van der Waals surface area contributed by atoms with Gasteiger partial charge in [-0.25, -0.2) is 4.79 Å². The van der Waals surface area contributed by atoms with Crippen LogP contribution in [0.3, 0.4) is 0 Å². The maximum Gasteiger partial charge on any atom is 0.329 e. The molecule has 4 rings (SSSR count). The van der Waals surface area contributed by atoms with Crippen LogP contribution in [-0.2, 0) is 11.3 Å². The number of amides is 1. The van der Waals surface area contributed by atoms with Crippen LogP contribution in [0.2, 0.25) is 0 Å². The first-order valence-corrected chi connectivity index (χ1v) is 10.2. The summed E-state index contributed by atoms with van der Waals surface area (Å²) in [6, 6.07) is 7.43. The Morgan fingerprint density at radius 2 is 1.93 bits per heavy atom. The Morgan fingerprint density at radius 3 is 2.79 bits per heavy atom. The van der Waals surface area contributed by atoms with Crippen molar-refractivity contribution in [1.29, 1.82) is 0 Å². The number of carbonyl (C=O) groups is 1. The predicted molar refractivity (Wildman–Crippen MR) is 108 cm³/mol. The van der Waals surface area contributed by atoms with Crippen molar-refractivity contribution >= 4 is 16.8 Å². The summed E-state index contributed by atoms with van der Waals surface area (Å²) in [5.74, 6) is 0.269. The molecule has 0 bridgehead atoms. The van der Waals surface area contributed by atoms with Gasteiger partial charge in [-0.2, -0.15) is 0 Å². The standard InChI is InChI=1S/C21H28N4O3/c1-23(13-15-7-6-12-24-11-5-4-10-18(15)24)19(26)14-25-20(27)16-8-2-3-9-17(16)22-21(25)28/h2-3,8-9,15,18H,4-7,10-14H2,1H3,(H,22,28)/t15-,18+/m0/s1. The smallest absolute Gasteiger partial charge is 0.329 e. The van der Waals surface area contributed by atoms with Crippen LogP contribution in [0.15, 0.2) is 33.9 Å². The first kappa shape index (κ1) is 18.9. The zero-order valence-electron chi connectivity index (χ0n) is 16.4. The molecular weight excluding hydrogens is 356 g/mol. The summed E-state index contributed by atoms with van der Waals surface area (Å²) in [7, 11) is 1.78. The van der Waals surface area contributed by atoms with Gasteiger partial charge >= 0.3 is 5.69 Å². The van der Waals surface area contributed by atoms with E-state index in [-0.39, 0.29) is 12.5 Å². The van der Waals surface area contributed by atoms with E-state index in [4.69, 9.17) is 0 Å². The summed E-state index contributed by atoms with van der Waals surface area (Å²) in [5, 5.41) is 0.419. The van der Waals surface area contributed by atoms with Gasteiger partial charge in [0, 0.05) is 19.6 Å². The summed E-state index contributed by atoms with van der Waals surface area (Å²) in [5.41, 5.74) is -0.465. The Morgan fingerprint density at radius 1 is 1.14 bits per heavy atom. The van der Waals surface area contributed by atoms with Crippen molar-refractivity contribution in [2.24, 2.45) is 5.92 Å². The van der Waals surface area contributed by atoms with E-state index in [0.29, 0.717) is 29.4 Å². The second-order valence-electron chi connectivity index (χ2n) is 8.14. The number of aromatic amines is 1. The molecule has 3 heterocycles. The Balaban J connectivity index is 1.48. The molecule has 150 valence electrons. The number of carbonyl (C=O) groups excluding carboxylic acids is 1. The SMILES string of the molecule is CN(C[C@@H]1CCCN2CCCC[C@H]12)C(=O)Cn1c(=O)[nH]c2ccccc2c1=O. The third-order valence-corrected chi connectivity index (χ3v) is 6.35. The largest absolute Gasteiger partial charge is 0.344 e. The molecule has 2 aliphatic heterocycles. The van der Waals surface area contributed by atoms with Crippen molar-refractivity contribution < 1.29 is 4.79 Å². The van der Waals surface area contributed by atoms with Crippen molar-refractivity contribution in [2.75, 3.05) is 26.7 Å². The third-order valence-electron chi connectivity index (χ3n) is 6.35. The molecule has 2 aromatic rings. The number of piperidine rings is 2. The zero-order chi connectivity index (χ0) is 19.7. The lowest BCUT2D eigenvalue weighted by atomic mass is 9.83. The van der Waals surface area contributed by atoms with Crippen LogP contribution in [0.1, 0.15) is 32.1 Å². The zero-order valence-corrected chi connectivity index (χ0v) is 16.4. The summed E-state index contributed by atoms with van der Waals surface area (Å²) < 4.78 is 1.01. The number of nitrogens with zero attached hydrogens (tertiary/aromatic N) is 3. The van der Waals surface area contributed by atoms with Crippen molar-refractivity contribution in [2.45, 2.75) is 44.7 Å². The number of rotatable bonds is 4. The number of likely N-dealkylation sites (N-methyl/N-ethyl adjacent to an activating group) is 1. The van der Waals surface area contributed by atoms with Crippen molar-refractivity contribution in [3.8, 4) is 0 Å². The molecule has 7 nitrogen and oxygen atoms in total. The van der Waals surface area contributed by atoms with E-state index in [0.717, 1.165) is 11.0 Å². The van der Waals surface area contributed by atoms with Crippen LogP contribution >= 0.6 is 0 Å². The fraction of sp³-hybridized carbons (Fsp3) is 0.571. The maximum absolute atomic E-state index is 12.8. The van der Waals surface area contributed by atoms with E-state index in [1.54, 1.807) is 36.2 Å². The highest BCUT2D eigenvalue weighted by atomic mass is 16.2. The molecule has 2 aliphatic rings. The summed E-state index contributed by atoms with van der Waals surface area (Å²) in [4.78, 5) is 44.7. The quantitative estimate of drug-likeness (QED) is 0.865. The Hall–Kier alpha value is -2.41. The van der Waals surface area contributed by atoms with Crippen LogP contribution in [0.4, 0.5) is 0 Å². The second kappa shape index (κ2) is 7.91. The number of fused-ring (bicyclic) bond motifs is 2. The average Bonchev–Trinajstić information content (AvgIpc) is 2.71. The van der Waals surface area contributed by atoms with Gasteiger partial charge in [0.25, 0.3) is 5.56 Å². The van der Waals surface area contributed by atoms with Crippen molar-refractivity contribution in [3.05, 3.63) is 45.1 Å². The lowest BCUT2D eigenvalue weighted by Crippen LogP contribution is -2.51. The minimum absolute atomic E-state index is 0.198. The van der Waals surface area contributed by atoms with E-state index in [9.17, 15) is 14.4 Å². The molecule has 0 saturated carbocycles. The van der Waals surface area contributed by atoms with Gasteiger partial charge in [0.2, 0.25) is 5.91 Å². The molecule has 1 aromatic heterocycles. The molecule has 2 saturated heterocycles. The van der Waals surface area contributed by atoms with Gasteiger partial charge in [0.05, 0.1) is 10.9 Å². The van der Waals surface area contributed by atoms with Crippen LogP contribution in [0.5, 0.6) is 0 Å². The van der Waals surface area contributed by atoms with Crippen molar-refractivity contribution in [1.82, 2.24) is 19.4 Å². The van der Waals surface area contributed by atoms with E-state index in [1.165, 1.54) is 38.8 Å². The monoisotopic (exact) mass is 384 g/mol. The number of H-pyrrole nitrogens is 1. The van der Waals surface area contributed by atoms with Crippen molar-refractivity contribution in [3.63, 3.8) is 0 Å². The number of hydrogen-bond donors (Lipinski definition) is 1. The highest BCUT2D eigenvalue weighted by Crippen LogP contribution is 2.31. The fourth-order valence-electron chi connectivity index (χ4n) is 4.84. The molecule has 1 N–H and O–H groups in total. The van der Waals surface area contributed by atoms with E-state index < -0.39 is 11.2 Å². The molecule has 0 aliphatic carbocycles. The Bertz CT molecular complexity index is 978. The molecule has 7 heteroatoms. The molecule has 0 spiro atoms. The maximum atomic E-state index is 12.8. The predicted octanol–water partition coefficient (Wildman–Crippen LogP) is 1.41. The highest BCUT2D eigenvalue weighted by molar-refractivity contribution is 5.78. The van der Waals surface area contributed by atoms with Gasteiger partial charge < -0.3 is 14.8 Å². The molecule has 1 amide bonds. The number of aromatic nitrogens is 2. The fourth-order valence-corrected chi connectivity index (χ4v) is 4.84. The first-order chi connectivity index (χ1) is 13.5. The normalized spacial score (nSPS) is 22.8. The average molecular weight is 384 g/mol. The summed E-state index contributed by atoms with van der Waals surface area (Å²) >= 11 is 0. The van der Waals surface area contributed by atoms with Gasteiger partial charge in [-0.05, 0) is 56.8 Å². The van der Waals surface area contributed by atoms with Gasteiger partial charge in [0.1, 0.15) is 6.54 Å². The van der Waals surface area contributed by atoms with Gasteiger partial charge in [-0.3, -0.25) is 14.2 Å². The minimum Gasteiger partial charge on any atom is -0.344 e. The van der Waals surface area contributed by atoms with Crippen LogP contribution in [-0.4, -0.2) is 58.0 Å². The van der Waals surface area contributed by atoms with Gasteiger partial charge in [-0.1, -0.05) is 18.6 Å². The lowest BCUT2D eigenvalue weighted by molar-refractivity contribution is -0.131. The molecule has 2 fully saturated rings. The van der Waals surface area contributed by atoms with Crippen LogP contribution in [0, 0.1) is 5.92 Å². The lowest BCUT2D eigenvalue weighted by Gasteiger charge is -2.45. The molecule has 28 heavy (non-hydrogen) atoms.